The van der Waals surface area contributed by atoms with E-state index in [4.69, 9.17) is 14.7 Å². The van der Waals surface area contributed by atoms with Crippen LogP contribution in [-0.2, 0) is 9.47 Å². The van der Waals surface area contributed by atoms with E-state index in [1.54, 1.807) is 23.1 Å². The number of nitriles is 1. The van der Waals surface area contributed by atoms with Crippen molar-refractivity contribution in [2.75, 3.05) is 13.2 Å². The molecule has 2 fully saturated rings. The number of Topliss-reactive ketones (excluding diaryl/α,β-unsaturated/α-hetero) is 1. The lowest BCUT2D eigenvalue weighted by molar-refractivity contribution is -0.0861. The maximum atomic E-state index is 13.0. The van der Waals surface area contributed by atoms with Crippen molar-refractivity contribution in [2.45, 2.75) is 58.2 Å². The van der Waals surface area contributed by atoms with Gasteiger partial charge in [0.05, 0.1) is 36.9 Å². The van der Waals surface area contributed by atoms with Gasteiger partial charge < -0.3 is 9.47 Å². The molecule has 0 spiro atoms. The van der Waals surface area contributed by atoms with E-state index in [-0.39, 0.29) is 29.9 Å². The molecule has 1 aromatic carbocycles. The number of ketones is 1. The summed E-state index contributed by atoms with van der Waals surface area (Å²) in [5, 5.41) is 9.07. The number of aryl methyl sites for hydroxylation is 1. The summed E-state index contributed by atoms with van der Waals surface area (Å²) in [5.41, 5.74) is 1.45. The number of piperidine rings is 1. The monoisotopic (exact) mass is 370 g/mol. The zero-order valence-electron chi connectivity index (χ0n) is 16.3. The van der Waals surface area contributed by atoms with Crippen LogP contribution >= 0.6 is 0 Å². The number of nitrogens with zero attached hydrogens (tertiary/aromatic N) is 2. The summed E-state index contributed by atoms with van der Waals surface area (Å²) in [6, 6.07) is 7.02. The number of ether oxygens (including phenoxy) is 2. The predicted molar refractivity (Wildman–Crippen MR) is 99.4 cm³/mol. The van der Waals surface area contributed by atoms with E-state index in [9.17, 15) is 9.59 Å². The number of hydrogen-bond donors (Lipinski definition) is 0. The van der Waals surface area contributed by atoms with E-state index in [1.165, 1.54) is 0 Å². The molecular weight excluding hydrogens is 344 g/mol. The molecule has 144 valence electrons. The number of morpholine rings is 1. The largest absolute Gasteiger partial charge is 0.444 e. The fraction of sp³-hybridized carbons (Fsp3) is 0.571. The Kier molecular flexibility index (Phi) is 5.25. The lowest BCUT2D eigenvalue weighted by Crippen LogP contribution is -2.60. The van der Waals surface area contributed by atoms with Crippen LogP contribution in [0.25, 0.3) is 0 Å². The fourth-order valence-electron chi connectivity index (χ4n) is 3.92. The van der Waals surface area contributed by atoms with Gasteiger partial charge in [0, 0.05) is 11.5 Å². The third-order valence-corrected chi connectivity index (χ3v) is 5.13. The Morgan fingerprint density at radius 1 is 1.22 bits per heavy atom. The second-order valence-electron chi connectivity index (χ2n) is 8.41. The lowest BCUT2D eigenvalue weighted by atomic mass is 9.80. The van der Waals surface area contributed by atoms with Crippen LogP contribution in [0.4, 0.5) is 4.79 Å². The molecule has 6 nitrogen and oxygen atoms in total. The molecule has 6 heteroatoms. The van der Waals surface area contributed by atoms with Crippen molar-refractivity contribution in [3.05, 3.63) is 34.9 Å². The Morgan fingerprint density at radius 2 is 1.85 bits per heavy atom. The molecule has 2 unspecified atom stereocenters. The molecule has 2 aliphatic rings. The van der Waals surface area contributed by atoms with Crippen LogP contribution in [0.2, 0.25) is 0 Å². The predicted octanol–water partition coefficient (Wildman–Crippen LogP) is 3.46. The summed E-state index contributed by atoms with van der Waals surface area (Å²) >= 11 is 0. The topological polar surface area (TPSA) is 79.6 Å². The third-order valence-electron chi connectivity index (χ3n) is 5.13. The highest BCUT2D eigenvalue weighted by atomic mass is 16.6. The summed E-state index contributed by atoms with van der Waals surface area (Å²) in [7, 11) is 0. The van der Waals surface area contributed by atoms with Gasteiger partial charge in [-0.2, -0.15) is 5.26 Å². The molecule has 2 saturated heterocycles. The molecule has 27 heavy (non-hydrogen) atoms. The SMILES string of the molecule is Cc1cc(C(=O)C2CC3COCC(C2)N3C(=O)OC(C)(C)C)ccc1C#N. The van der Waals surface area contributed by atoms with Crippen molar-refractivity contribution < 1.29 is 19.1 Å². The number of hydrogen-bond acceptors (Lipinski definition) is 5. The minimum Gasteiger partial charge on any atom is -0.444 e. The van der Waals surface area contributed by atoms with Gasteiger partial charge in [0.25, 0.3) is 0 Å². The summed E-state index contributed by atoms with van der Waals surface area (Å²) in [5.74, 6) is -0.0850. The summed E-state index contributed by atoms with van der Waals surface area (Å²) in [6.45, 7) is 8.23. The molecule has 3 rings (SSSR count). The van der Waals surface area contributed by atoms with E-state index in [2.05, 4.69) is 6.07 Å². The molecule has 0 aliphatic carbocycles. The van der Waals surface area contributed by atoms with Crippen LogP contribution in [0.15, 0.2) is 18.2 Å². The maximum absolute atomic E-state index is 13.0. The minimum absolute atomic E-state index is 0.0725. The Morgan fingerprint density at radius 3 is 2.37 bits per heavy atom. The molecule has 0 radical (unpaired) electrons. The van der Waals surface area contributed by atoms with Crippen LogP contribution < -0.4 is 0 Å². The maximum Gasteiger partial charge on any atom is 0.410 e. The van der Waals surface area contributed by atoms with E-state index in [1.807, 2.05) is 27.7 Å². The Hall–Kier alpha value is -2.39. The Labute approximate surface area is 160 Å². The Balaban J connectivity index is 1.76. The van der Waals surface area contributed by atoms with Gasteiger partial charge in [-0.05, 0) is 58.2 Å². The molecule has 0 N–H and O–H groups in total. The quantitative estimate of drug-likeness (QED) is 0.745. The normalized spacial score (nSPS) is 24.9. The molecular formula is C21H26N2O4. The smallest absolute Gasteiger partial charge is 0.410 e. The van der Waals surface area contributed by atoms with Gasteiger partial charge in [-0.15, -0.1) is 0 Å². The fourth-order valence-corrected chi connectivity index (χ4v) is 3.92. The van der Waals surface area contributed by atoms with E-state index in [0.29, 0.717) is 37.2 Å². The van der Waals surface area contributed by atoms with Crippen LogP contribution in [0.1, 0.15) is 55.1 Å². The van der Waals surface area contributed by atoms with Crippen molar-refractivity contribution in [1.82, 2.24) is 4.90 Å². The standard InChI is InChI=1S/C21H26N2O4/c1-13-7-14(5-6-15(13)10-22)19(24)16-8-17-11-26-12-18(9-16)23(17)20(25)27-21(2,3)4/h5-7,16-18H,8-9,11-12H2,1-4H3. The average Bonchev–Trinajstić information content (AvgIpc) is 2.58. The molecule has 1 amide bonds. The first kappa shape index (κ1) is 19.4. The van der Waals surface area contributed by atoms with Crippen LogP contribution in [0.5, 0.6) is 0 Å². The number of fused-ring (bicyclic) bond motifs is 2. The van der Waals surface area contributed by atoms with Crippen molar-refractivity contribution in [1.29, 1.82) is 5.26 Å². The third kappa shape index (κ3) is 4.14. The van der Waals surface area contributed by atoms with Crippen LogP contribution in [0, 0.1) is 24.2 Å². The molecule has 2 bridgehead atoms. The van der Waals surface area contributed by atoms with Gasteiger partial charge in [-0.1, -0.05) is 6.07 Å². The molecule has 2 aliphatic heterocycles. The van der Waals surface area contributed by atoms with Crippen molar-refractivity contribution in [3.8, 4) is 6.07 Å². The highest BCUT2D eigenvalue weighted by molar-refractivity contribution is 5.98. The van der Waals surface area contributed by atoms with Gasteiger partial charge in [0.2, 0.25) is 0 Å². The summed E-state index contributed by atoms with van der Waals surface area (Å²) in [6.07, 6.45) is 0.794. The van der Waals surface area contributed by atoms with Crippen molar-refractivity contribution in [2.24, 2.45) is 5.92 Å². The Bertz CT molecular complexity index is 776. The number of rotatable bonds is 2. The zero-order chi connectivity index (χ0) is 19.8. The average molecular weight is 370 g/mol. The minimum atomic E-state index is -0.557. The van der Waals surface area contributed by atoms with Gasteiger partial charge in [0.1, 0.15) is 5.60 Å². The first-order valence-corrected chi connectivity index (χ1v) is 9.33. The first-order valence-electron chi connectivity index (χ1n) is 9.33. The number of carbonyl (C=O) groups is 2. The molecule has 0 aromatic heterocycles. The second kappa shape index (κ2) is 7.32. The van der Waals surface area contributed by atoms with E-state index in [0.717, 1.165) is 5.56 Å². The molecule has 1 aromatic rings. The highest BCUT2D eigenvalue weighted by Gasteiger charge is 2.45. The summed E-state index contributed by atoms with van der Waals surface area (Å²) in [4.78, 5) is 27.4. The van der Waals surface area contributed by atoms with Crippen molar-refractivity contribution in [3.63, 3.8) is 0 Å². The molecule has 2 atom stereocenters. The zero-order valence-corrected chi connectivity index (χ0v) is 16.3. The number of amides is 1. The van der Waals surface area contributed by atoms with Gasteiger partial charge >= 0.3 is 6.09 Å². The van der Waals surface area contributed by atoms with Crippen molar-refractivity contribution >= 4 is 11.9 Å². The highest BCUT2D eigenvalue weighted by Crippen LogP contribution is 2.34. The van der Waals surface area contributed by atoms with E-state index < -0.39 is 5.60 Å². The number of carbonyl (C=O) groups excluding carboxylic acids is 2. The second-order valence-corrected chi connectivity index (χ2v) is 8.41. The molecule has 0 saturated carbocycles. The van der Waals surface area contributed by atoms with Crippen LogP contribution in [0.3, 0.4) is 0 Å². The van der Waals surface area contributed by atoms with Crippen LogP contribution in [-0.4, -0.2) is 47.7 Å². The van der Waals surface area contributed by atoms with E-state index >= 15 is 0 Å². The van der Waals surface area contributed by atoms with Gasteiger partial charge in [0.15, 0.2) is 5.78 Å². The van der Waals surface area contributed by atoms with Gasteiger partial charge in [-0.3, -0.25) is 9.69 Å². The number of benzene rings is 1. The first-order chi connectivity index (χ1) is 12.7. The lowest BCUT2D eigenvalue weighted by Gasteiger charge is -2.47. The van der Waals surface area contributed by atoms with Gasteiger partial charge in [-0.25, -0.2) is 4.79 Å². The molecule has 2 heterocycles. The summed E-state index contributed by atoms with van der Waals surface area (Å²) < 4.78 is 11.2.